The van der Waals surface area contributed by atoms with Gasteiger partial charge >= 0.3 is 0 Å². The Kier molecular flexibility index (Phi) is 6.56. The summed E-state index contributed by atoms with van der Waals surface area (Å²) in [6, 6.07) is 8.05. The maximum atomic E-state index is 12.4. The molecule has 0 saturated carbocycles. The van der Waals surface area contributed by atoms with Gasteiger partial charge in [-0.15, -0.1) is 0 Å². The van der Waals surface area contributed by atoms with E-state index in [1.54, 1.807) is 42.2 Å². The second-order valence-corrected chi connectivity index (χ2v) is 9.23. The van der Waals surface area contributed by atoms with Crippen LogP contribution in [0.2, 0.25) is 0 Å². The first-order valence-electron chi connectivity index (χ1n) is 9.38. The molecule has 1 aromatic carbocycles. The van der Waals surface area contributed by atoms with E-state index in [1.165, 1.54) is 18.4 Å². The lowest BCUT2D eigenvalue weighted by molar-refractivity contribution is 0.0581. The van der Waals surface area contributed by atoms with E-state index in [0.29, 0.717) is 31.1 Å². The smallest absolute Gasteiger partial charge is 0.292 e. The molecule has 1 aromatic heterocycles. The second kappa shape index (κ2) is 8.93. The molecule has 1 fully saturated rings. The molecule has 2 aromatic rings. The van der Waals surface area contributed by atoms with E-state index in [1.807, 2.05) is 0 Å². The van der Waals surface area contributed by atoms with E-state index in [9.17, 15) is 13.2 Å². The Morgan fingerprint density at radius 1 is 1.17 bits per heavy atom. The lowest BCUT2D eigenvalue weighted by Crippen LogP contribution is -2.49. The van der Waals surface area contributed by atoms with E-state index >= 15 is 0 Å². The van der Waals surface area contributed by atoms with Gasteiger partial charge in [-0.2, -0.15) is 0 Å². The molecule has 10 heteroatoms. The molecule has 0 aliphatic carbocycles. The van der Waals surface area contributed by atoms with E-state index in [4.69, 9.17) is 9.26 Å². The zero-order valence-corrected chi connectivity index (χ0v) is 17.7. The molecule has 0 N–H and O–H groups in total. The molecule has 2 heterocycles. The molecule has 1 amide bonds. The predicted octanol–water partition coefficient (Wildman–Crippen LogP) is 1.07. The first-order valence-corrected chi connectivity index (χ1v) is 10.8. The predicted molar refractivity (Wildman–Crippen MR) is 106 cm³/mol. The Morgan fingerprint density at radius 3 is 2.38 bits per heavy atom. The summed E-state index contributed by atoms with van der Waals surface area (Å²) >= 11 is 0. The average Bonchev–Trinajstić information content (AvgIpc) is 3.14. The van der Waals surface area contributed by atoms with E-state index in [2.05, 4.69) is 10.1 Å². The van der Waals surface area contributed by atoms with Crippen LogP contribution < -0.4 is 4.74 Å². The number of amides is 1. The van der Waals surface area contributed by atoms with Gasteiger partial charge in [-0.25, -0.2) is 12.7 Å². The molecule has 1 saturated heterocycles. The summed E-state index contributed by atoms with van der Waals surface area (Å²) in [6.07, 6.45) is 0. The number of sulfonamides is 1. The highest BCUT2D eigenvalue weighted by Gasteiger charge is 2.24. The number of hydrogen-bond acceptors (Lipinski definition) is 7. The molecule has 0 atom stereocenters. The number of aromatic nitrogens is 1. The van der Waals surface area contributed by atoms with Crippen LogP contribution in [0.5, 0.6) is 5.75 Å². The van der Waals surface area contributed by atoms with Gasteiger partial charge in [0.05, 0.1) is 10.6 Å². The summed E-state index contributed by atoms with van der Waals surface area (Å²) in [4.78, 5) is 16.6. The van der Waals surface area contributed by atoms with Gasteiger partial charge in [0, 0.05) is 52.9 Å². The number of aryl methyl sites for hydroxylation is 1. The van der Waals surface area contributed by atoms with Gasteiger partial charge in [0.15, 0.2) is 0 Å². The van der Waals surface area contributed by atoms with Gasteiger partial charge in [0.25, 0.3) is 5.91 Å². The maximum Gasteiger partial charge on any atom is 0.292 e. The molecule has 3 rings (SSSR count). The van der Waals surface area contributed by atoms with Gasteiger partial charge in [-0.3, -0.25) is 9.69 Å². The standard InChI is InChI=1S/C19H26N4O5S/c1-15-14-18(28-20-15)19(24)23-10-8-22(9-11-23)12-13-27-16-4-6-17(7-5-16)29(25,26)21(2)3/h4-7,14H,8-13H2,1-3H3. The lowest BCUT2D eigenvalue weighted by Gasteiger charge is -2.34. The second-order valence-electron chi connectivity index (χ2n) is 7.07. The summed E-state index contributed by atoms with van der Waals surface area (Å²) in [7, 11) is -0.436. The maximum absolute atomic E-state index is 12.4. The fraction of sp³-hybridized carbons (Fsp3) is 0.474. The molecule has 158 valence electrons. The highest BCUT2D eigenvalue weighted by molar-refractivity contribution is 7.89. The molecular weight excluding hydrogens is 396 g/mol. The molecule has 0 bridgehead atoms. The Labute approximate surface area is 170 Å². The normalized spacial score (nSPS) is 15.7. The minimum atomic E-state index is -3.44. The Morgan fingerprint density at radius 2 is 1.83 bits per heavy atom. The molecule has 1 aliphatic rings. The van der Waals surface area contributed by atoms with Crippen LogP contribution in [0.4, 0.5) is 0 Å². The van der Waals surface area contributed by atoms with Crippen LogP contribution in [0.3, 0.4) is 0 Å². The van der Waals surface area contributed by atoms with Crippen LogP contribution in [0, 0.1) is 6.92 Å². The minimum absolute atomic E-state index is 0.130. The highest BCUT2D eigenvalue weighted by Crippen LogP contribution is 2.18. The first kappa shape index (κ1) is 21.3. The van der Waals surface area contributed by atoms with Crippen molar-refractivity contribution < 1.29 is 22.5 Å². The first-order chi connectivity index (χ1) is 13.8. The van der Waals surface area contributed by atoms with E-state index in [-0.39, 0.29) is 16.6 Å². The van der Waals surface area contributed by atoms with Crippen molar-refractivity contribution in [1.29, 1.82) is 0 Å². The lowest BCUT2D eigenvalue weighted by atomic mass is 10.2. The van der Waals surface area contributed by atoms with Crippen molar-refractivity contribution in [3.63, 3.8) is 0 Å². The SMILES string of the molecule is Cc1cc(C(=O)N2CCN(CCOc3ccc(S(=O)(=O)N(C)C)cc3)CC2)on1. The van der Waals surface area contributed by atoms with Gasteiger partial charge in [-0.05, 0) is 31.2 Å². The van der Waals surface area contributed by atoms with Crippen LogP contribution in [-0.4, -0.2) is 87.0 Å². The third-order valence-electron chi connectivity index (χ3n) is 4.78. The average molecular weight is 423 g/mol. The largest absolute Gasteiger partial charge is 0.492 e. The third-order valence-corrected chi connectivity index (χ3v) is 6.61. The number of benzene rings is 1. The summed E-state index contributed by atoms with van der Waals surface area (Å²) < 4.78 is 36.1. The number of piperazine rings is 1. The number of ether oxygens (including phenoxy) is 1. The van der Waals surface area contributed by atoms with Crippen molar-refractivity contribution in [2.75, 3.05) is 53.4 Å². The Bertz CT molecular complexity index is 932. The number of carbonyl (C=O) groups excluding carboxylic acids is 1. The van der Waals surface area contributed by atoms with Gasteiger partial charge in [-0.1, -0.05) is 5.16 Å². The fourth-order valence-electron chi connectivity index (χ4n) is 3.01. The zero-order chi connectivity index (χ0) is 21.0. The molecular formula is C19H26N4O5S. The number of carbonyl (C=O) groups is 1. The highest BCUT2D eigenvalue weighted by atomic mass is 32.2. The Hall–Kier alpha value is -2.43. The summed E-state index contributed by atoms with van der Waals surface area (Å²) in [5.41, 5.74) is 0.691. The van der Waals surface area contributed by atoms with Crippen LogP contribution in [0.15, 0.2) is 39.8 Å². The van der Waals surface area contributed by atoms with Crippen molar-refractivity contribution in [2.24, 2.45) is 0 Å². The van der Waals surface area contributed by atoms with Crippen molar-refractivity contribution >= 4 is 15.9 Å². The topological polar surface area (TPSA) is 96.2 Å². The molecule has 29 heavy (non-hydrogen) atoms. The van der Waals surface area contributed by atoms with Crippen molar-refractivity contribution in [3.05, 3.63) is 41.8 Å². The number of nitrogens with zero attached hydrogens (tertiary/aromatic N) is 4. The van der Waals surface area contributed by atoms with Gasteiger partial charge in [0.2, 0.25) is 15.8 Å². The van der Waals surface area contributed by atoms with Gasteiger partial charge in [0.1, 0.15) is 12.4 Å². The van der Waals surface area contributed by atoms with Crippen LogP contribution >= 0.6 is 0 Å². The van der Waals surface area contributed by atoms with Crippen LogP contribution in [0.1, 0.15) is 16.2 Å². The fourth-order valence-corrected chi connectivity index (χ4v) is 3.91. The van der Waals surface area contributed by atoms with Crippen molar-refractivity contribution in [3.8, 4) is 5.75 Å². The third kappa shape index (κ3) is 5.14. The molecule has 1 aliphatic heterocycles. The molecule has 0 spiro atoms. The van der Waals surface area contributed by atoms with Crippen molar-refractivity contribution in [2.45, 2.75) is 11.8 Å². The summed E-state index contributed by atoms with van der Waals surface area (Å²) in [5, 5.41) is 3.76. The monoisotopic (exact) mass is 422 g/mol. The number of rotatable bonds is 7. The molecule has 0 unspecified atom stereocenters. The van der Waals surface area contributed by atoms with E-state index < -0.39 is 10.0 Å². The van der Waals surface area contributed by atoms with Crippen LogP contribution in [-0.2, 0) is 10.0 Å². The minimum Gasteiger partial charge on any atom is -0.492 e. The zero-order valence-electron chi connectivity index (χ0n) is 16.9. The van der Waals surface area contributed by atoms with Gasteiger partial charge < -0.3 is 14.2 Å². The Balaban J connectivity index is 1.42. The summed E-state index contributed by atoms with van der Waals surface area (Å²) in [6.45, 7) is 5.74. The summed E-state index contributed by atoms with van der Waals surface area (Å²) in [5.74, 6) is 0.769. The van der Waals surface area contributed by atoms with E-state index in [0.717, 1.165) is 19.6 Å². The molecule has 9 nitrogen and oxygen atoms in total. The quantitative estimate of drug-likeness (QED) is 0.658. The number of hydrogen-bond donors (Lipinski definition) is 0. The van der Waals surface area contributed by atoms with Crippen molar-refractivity contribution in [1.82, 2.24) is 19.3 Å². The molecule has 0 radical (unpaired) electrons. The van der Waals surface area contributed by atoms with Crippen LogP contribution in [0.25, 0.3) is 0 Å².